The van der Waals surface area contributed by atoms with E-state index in [1.165, 1.54) is 31.5 Å². The Labute approximate surface area is 123 Å². The maximum Gasteiger partial charge on any atom is 0.220 e. The van der Waals surface area contributed by atoms with Crippen LogP contribution in [0, 0.1) is 5.92 Å². The van der Waals surface area contributed by atoms with E-state index in [1.54, 1.807) is 0 Å². The van der Waals surface area contributed by atoms with Gasteiger partial charge in [0.05, 0.1) is 0 Å². The minimum absolute atomic E-state index is 0.190. The number of nitrogens with one attached hydrogen (secondary N) is 1. The van der Waals surface area contributed by atoms with Crippen molar-refractivity contribution >= 4 is 5.91 Å². The van der Waals surface area contributed by atoms with Crippen molar-refractivity contribution in [2.24, 2.45) is 5.92 Å². The average molecular weight is 276 g/mol. The minimum atomic E-state index is 0.190. The molecule has 112 valence electrons. The van der Waals surface area contributed by atoms with Crippen molar-refractivity contribution in [2.45, 2.75) is 45.4 Å². The Morgan fingerprint density at radius 2 is 2.15 bits per heavy atom. The number of nitrogens with zero attached hydrogens (tertiary/aromatic N) is 1. The van der Waals surface area contributed by atoms with Gasteiger partial charge in [-0.2, -0.15) is 0 Å². The lowest BCUT2D eigenvalue weighted by Crippen LogP contribution is -2.34. The van der Waals surface area contributed by atoms with Crippen LogP contribution in [0.2, 0.25) is 0 Å². The first-order valence-electron chi connectivity index (χ1n) is 8.08. The maximum atomic E-state index is 11.8. The topological polar surface area (TPSA) is 32.3 Å². The first kappa shape index (κ1) is 15.3. The molecule has 0 unspecified atom stereocenters. The van der Waals surface area contributed by atoms with E-state index in [0.29, 0.717) is 13.0 Å². The summed E-state index contributed by atoms with van der Waals surface area (Å²) in [5, 5.41) is 3.02. The summed E-state index contributed by atoms with van der Waals surface area (Å²) in [7, 11) is 0. The van der Waals surface area contributed by atoms with Gasteiger partial charge in [-0.25, -0.2) is 0 Å². The largest absolute Gasteiger partial charge is 0.352 e. The van der Waals surface area contributed by atoms with Crippen LogP contribution in [0.5, 0.6) is 0 Å². The van der Waals surface area contributed by atoms with Gasteiger partial charge in [0.1, 0.15) is 0 Å². The molecule has 0 bridgehead atoms. The molecule has 3 heteroatoms. The summed E-state index contributed by atoms with van der Waals surface area (Å²) in [5.74, 6) is 1.07. The zero-order valence-corrected chi connectivity index (χ0v) is 12.7. The highest BCUT2D eigenvalue weighted by Crippen LogP contribution is 2.16. The molecule has 0 radical (unpaired) electrons. The lowest BCUT2D eigenvalue weighted by molar-refractivity contribution is -0.121. The summed E-state index contributed by atoms with van der Waals surface area (Å²) < 4.78 is 0. The number of carbonyl (C=O) groups excluding carboxylic acids is 1. The number of likely N-dealkylation sites (tertiary alicyclic amines) is 1. The molecule has 0 saturated carbocycles. The lowest BCUT2D eigenvalue weighted by atomic mass is 9.99. The Morgan fingerprint density at radius 1 is 1.35 bits per heavy atom. The second kappa shape index (κ2) is 8.25. The molecule has 0 spiro atoms. The highest BCUT2D eigenvalue weighted by molar-refractivity contribution is 5.76. The number of carbonyl (C=O) groups is 1. The molecule has 0 atom stereocenters. The molecular weight excluding hydrogens is 248 g/mol. The van der Waals surface area contributed by atoms with Gasteiger partial charge in [0, 0.05) is 13.0 Å². The molecule has 1 fully saturated rings. The van der Waals surface area contributed by atoms with Gasteiger partial charge in [-0.3, -0.25) is 4.79 Å². The highest BCUT2D eigenvalue weighted by atomic mass is 16.1. The quantitative estimate of drug-likeness (QED) is 0.809. The highest BCUT2D eigenvalue weighted by Gasteiger charge is 2.15. The van der Waals surface area contributed by atoms with Gasteiger partial charge in [0.2, 0.25) is 5.91 Å². The van der Waals surface area contributed by atoms with Crippen LogP contribution in [0.1, 0.15) is 45.4 Å². The molecular formula is C17H28N2O. The molecule has 1 heterocycles. The van der Waals surface area contributed by atoms with Gasteiger partial charge in [-0.05, 0) is 63.2 Å². The summed E-state index contributed by atoms with van der Waals surface area (Å²) in [4.78, 5) is 14.3. The average Bonchev–Trinajstić information content (AvgIpc) is 2.48. The van der Waals surface area contributed by atoms with Crippen molar-refractivity contribution in [1.29, 1.82) is 0 Å². The molecule has 2 aliphatic rings. The van der Waals surface area contributed by atoms with Crippen LogP contribution in [-0.2, 0) is 4.79 Å². The Balaban J connectivity index is 1.54. The van der Waals surface area contributed by atoms with E-state index in [0.717, 1.165) is 31.7 Å². The monoisotopic (exact) mass is 276 g/mol. The normalized spacial score (nSPS) is 20.8. The summed E-state index contributed by atoms with van der Waals surface area (Å²) in [6.07, 6.45) is 13.0. The van der Waals surface area contributed by atoms with Gasteiger partial charge < -0.3 is 10.2 Å². The number of hydrogen-bond acceptors (Lipinski definition) is 2. The Bertz CT molecular complexity index is 365. The van der Waals surface area contributed by atoms with Crippen molar-refractivity contribution < 1.29 is 4.79 Å². The summed E-state index contributed by atoms with van der Waals surface area (Å²) in [5.41, 5.74) is 1.25. The Kier molecular flexibility index (Phi) is 6.31. The van der Waals surface area contributed by atoms with Crippen molar-refractivity contribution in [3.05, 3.63) is 23.8 Å². The van der Waals surface area contributed by atoms with Gasteiger partial charge >= 0.3 is 0 Å². The fraction of sp³-hybridized carbons (Fsp3) is 0.706. The fourth-order valence-electron chi connectivity index (χ4n) is 2.84. The fourth-order valence-corrected chi connectivity index (χ4v) is 2.84. The van der Waals surface area contributed by atoms with Crippen LogP contribution in [0.25, 0.3) is 0 Å². The summed E-state index contributed by atoms with van der Waals surface area (Å²) in [6.45, 7) is 6.51. The standard InChI is InChI=1S/C17H28N2O/c1-15-9-12-19(13-10-15)11-5-8-17(20)18-14-16-6-3-2-4-7-16/h3,6-7,15H,2,4-5,8-14H2,1H3,(H,18,20). The first-order valence-corrected chi connectivity index (χ1v) is 8.08. The van der Waals surface area contributed by atoms with E-state index in [1.807, 2.05) is 0 Å². The second-order valence-electron chi connectivity index (χ2n) is 6.16. The molecule has 1 amide bonds. The third kappa shape index (κ3) is 5.49. The summed E-state index contributed by atoms with van der Waals surface area (Å²) >= 11 is 0. The maximum absolute atomic E-state index is 11.8. The van der Waals surface area contributed by atoms with Gasteiger partial charge in [-0.15, -0.1) is 0 Å². The third-order valence-electron chi connectivity index (χ3n) is 4.32. The molecule has 1 aliphatic heterocycles. The van der Waals surface area contributed by atoms with E-state index >= 15 is 0 Å². The van der Waals surface area contributed by atoms with E-state index in [4.69, 9.17) is 0 Å². The van der Waals surface area contributed by atoms with Gasteiger partial charge in [0.25, 0.3) is 0 Å². The molecule has 0 aromatic rings. The molecule has 0 aromatic heterocycles. The molecule has 3 nitrogen and oxygen atoms in total. The van der Waals surface area contributed by atoms with Crippen LogP contribution in [-0.4, -0.2) is 37.0 Å². The zero-order chi connectivity index (χ0) is 14.2. The van der Waals surface area contributed by atoms with Crippen LogP contribution < -0.4 is 5.32 Å². The summed E-state index contributed by atoms with van der Waals surface area (Å²) in [6, 6.07) is 0. The number of allylic oxidation sites excluding steroid dienone is 2. The van der Waals surface area contributed by atoms with Crippen molar-refractivity contribution in [3.8, 4) is 0 Å². The van der Waals surface area contributed by atoms with Gasteiger partial charge in [0.15, 0.2) is 0 Å². The SMILES string of the molecule is CC1CCN(CCCC(=O)NCC2=CCCC=C2)CC1. The van der Waals surface area contributed by atoms with E-state index in [2.05, 4.69) is 35.4 Å². The lowest BCUT2D eigenvalue weighted by Gasteiger charge is -2.29. The number of rotatable bonds is 6. The van der Waals surface area contributed by atoms with Crippen LogP contribution >= 0.6 is 0 Å². The molecule has 0 aromatic carbocycles. The third-order valence-corrected chi connectivity index (χ3v) is 4.32. The smallest absolute Gasteiger partial charge is 0.220 e. The number of amides is 1. The predicted molar refractivity (Wildman–Crippen MR) is 83.5 cm³/mol. The van der Waals surface area contributed by atoms with E-state index in [9.17, 15) is 4.79 Å². The predicted octanol–water partition coefficient (Wildman–Crippen LogP) is 2.89. The number of piperidine rings is 1. The first-order chi connectivity index (χ1) is 9.74. The Morgan fingerprint density at radius 3 is 2.85 bits per heavy atom. The van der Waals surface area contributed by atoms with E-state index in [-0.39, 0.29) is 5.91 Å². The van der Waals surface area contributed by atoms with E-state index < -0.39 is 0 Å². The molecule has 1 aliphatic carbocycles. The van der Waals surface area contributed by atoms with Gasteiger partial charge in [-0.1, -0.05) is 25.2 Å². The van der Waals surface area contributed by atoms with Crippen LogP contribution in [0.4, 0.5) is 0 Å². The molecule has 1 N–H and O–H groups in total. The second-order valence-corrected chi connectivity index (χ2v) is 6.16. The molecule has 1 saturated heterocycles. The zero-order valence-electron chi connectivity index (χ0n) is 12.7. The van der Waals surface area contributed by atoms with Crippen LogP contribution in [0.3, 0.4) is 0 Å². The number of hydrogen-bond donors (Lipinski definition) is 1. The molecule has 20 heavy (non-hydrogen) atoms. The van der Waals surface area contributed by atoms with Crippen molar-refractivity contribution in [2.75, 3.05) is 26.2 Å². The van der Waals surface area contributed by atoms with Crippen molar-refractivity contribution in [1.82, 2.24) is 10.2 Å². The van der Waals surface area contributed by atoms with Crippen molar-refractivity contribution in [3.63, 3.8) is 0 Å². The molecule has 2 rings (SSSR count). The minimum Gasteiger partial charge on any atom is -0.352 e. The Hall–Kier alpha value is -1.09. The van der Waals surface area contributed by atoms with Crippen LogP contribution in [0.15, 0.2) is 23.8 Å².